The lowest BCUT2D eigenvalue weighted by molar-refractivity contribution is -0.135. The van der Waals surface area contributed by atoms with E-state index in [1.165, 1.54) is 6.33 Å². The molecular formula is C26H27N7O2. The molecule has 35 heavy (non-hydrogen) atoms. The van der Waals surface area contributed by atoms with E-state index in [-0.39, 0.29) is 11.9 Å². The highest BCUT2D eigenvalue weighted by atomic mass is 16.3. The number of nitrogens with one attached hydrogen (secondary N) is 1. The summed E-state index contributed by atoms with van der Waals surface area (Å²) in [6.07, 6.45) is 8.00. The summed E-state index contributed by atoms with van der Waals surface area (Å²) >= 11 is 0. The van der Waals surface area contributed by atoms with Crippen LogP contribution in [0.5, 0.6) is 0 Å². The quantitative estimate of drug-likeness (QED) is 0.399. The zero-order valence-electron chi connectivity index (χ0n) is 19.3. The molecule has 0 aliphatic heterocycles. The summed E-state index contributed by atoms with van der Waals surface area (Å²) in [6.45, 7) is 0. The van der Waals surface area contributed by atoms with Gasteiger partial charge in [0.05, 0.1) is 28.9 Å². The fourth-order valence-electron chi connectivity index (χ4n) is 5.43. The maximum Gasteiger partial charge on any atom is 0.231 e. The third-order valence-corrected chi connectivity index (χ3v) is 7.65. The van der Waals surface area contributed by atoms with Crippen molar-refractivity contribution < 1.29 is 9.90 Å². The Labute approximate surface area is 202 Å². The summed E-state index contributed by atoms with van der Waals surface area (Å²) in [7, 11) is 0. The number of nitrogens with two attached hydrogens (primary N) is 1. The van der Waals surface area contributed by atoms with Gasteiger partial charge in [0, 0.05) is 23.4 Å². The summed E-state index contributed by atoms with van der Waals surface area (Å²) in [6, 6.07) is 12.8. The van der Waals surface area contributed by atoms with Gasteiger partial charge < -0.3 is 16.2 Å². The van der Waals surface area contributed by atoms with Gasteiger partial charge >= 0.3 is 0 Å². The first-order chi connectivity index (χ1) is 17.0. The molecule has 1 aromatic carbocycles. The average molecular weight is 470 g/mol. The fraction of sp³-hybridized carbons (Fsp3) is 0.385. The Morgan fingerprint density at radius 2 is 1.91 bits per heavy atom. The van der Waals surface area contributed by atoms with Crippen LogP contribution in [0.15, 0.2) is 48.9 Å². The highest BCUT2D eigenvalue weighted by Crippen LogP contribution is 2.46. The largest absolute Gasteiger partial charge is 0.393 e. The van der Waals surface area contributed by atoms with E-state index in [0.29, 0.717) is 24.7 Å². The van der Waals surface area contributed by atoms with E-state index in [1.807, 2.05) is 35.0 Å². The van der Waals surface area contributed by atoms with Crippen molar-refractivity contribution in [3.05, 3.63) is 54.5 Å². The number of nitrogens with zero attached hydrogens (tertiary/aromatic N) is 5. The lowest BCUT2D eigenvalue weighted by Gasteiger charge is -2.44. The molecule has 3 fully saturated rings. The zero-order chi connectivity index (χ0) is 23.7. The number of hydrogen-bond acceptors (Lipinski definition) is 6. The van der Waals surface area contributed by atoms with Crippen LogP contribution in [-0.4, -0.2) is 47.5 Å². The van der Waals surface area contributed by atoms with Crippen molar-refractivity contribution in [3.63, 3.8) is 0 Å². The van der Waals surface area contributed by atoms with Gasteiger partial charge in [0.2, 0.25) is 5.91 Å². The number of carbonyl (C=O) groups is 1. The number of aromatic nitrogens is 5. The summed E-state index contributed by atoms with van der Waals surface area (Å²) in [5, 5.41) is 22.4. The molecule has 0 radical (unpaired) electrons. The van der Waals surface area contributed by atoms with Crippen molar-refractivity contribution in [1.82, 2.24) is 29.7 Å². The van der Waals surface area contributed by atoms with E-state index < -0.39 is 11.5 Å². The lowest BCUT2D eigenvalue weighted by Crippen LogP contribution is -2.55. The number of fused-ring (bicyclic) bond motifs is 1. The normalized spacial score (nSPS) is 23.9. The molecule has 0 atom stereocenters. The second-order valence-electron chi connectivity index (χ2n) is 10.2. The van der Waals surface area contributed by atoms with Crippen molar-refractivity contribution in [2.24, 2.45) is 0 Å². The molecule has 1 amide bonds. The molecule has 0 bridgehead atoms. The molecule has 3 aliphatic carbocycles. The second-order valence-corrected chi connectivity index (χ2v) is 10.2. The Hall–Kier alpha value is -3.72. The van der Waals surface area contributed by atoms with Gasteiger partial charge in [0.25, 0.3) is 0 Å². The molecule has 0 saturated heterocycles. The van der Waals surface area contributed by atoms with E-state index in [0.717, 1.165) is 59.3 Å². The molecule has 3 aromatic heterocycles. The van der Waals surface area contributed by atoms with Crippen LogP contribution in [0, 0.1) is 0 Å². The molecule has 3 aliphatic rings. The van der Waals surface area contributed by atoms with Crippen LogP contribution in [0.2, 0.25) is 0 Å². The van der Waals surface area contributed by atoms with Gasteiger partial charge in [-0.05, 0) is 62.3 Å². The molecule has 4 aromatic rings. The number of hydrogen-bond donors (Lipinski definition) is 3. The third-order valence-electron chi connectivity index (χ3n) is 7.65. The monoisotopic (exact) mass is 469 g/mol. The van der Waals surface area contributed by atoms with E-state index in [1.54, 1.807) is 0 Å². The molecule has 0 spiro atoms. The lowest BCUT2D eigenvalue weighted by atomic mass is 9.62. The molecule has 178 valence electrons. The summed E-state index contributed by atoms with van der Waals surface area (Å²) < 4.78 is 3.89. The van der Waals surface area contributed by atoms with Crippen LogP contribution >= 0.6 is 0 Å². The number of anilines is 1. The van der Waals surface area contributed by atoms with E-state index in [9.17, 15) is 9.90 Å². The van der Waals surface area contributed by atoms with Crippen LogP contribution in [0.1, 0.15) is 50.1 Å². The number of benzene rings is 1. The van der Waals surface area contributed by atoms with Crippen LogP contribution in [0.4, 0.5) is 5.82 Å². The van der Waals surface area contributed by atoms with Crippen LogP contribution in [0.25, 0.3) is 28.0 Å². The maximum absolute atomic E-state index is 13.2. The Morgan fingerprint density at radius 3 is 2.66 bits per heavy atom. The first-order valence-corrected chi connectivity index (χ1v) is 12.3. The maximum atomic E-state index is 13.2. The third kappa shape index (κ3) is 3.25. The van der Waals surface area contributed by atoms with Crippen molar-refractivity contribution in [1.29, 1.82) is 0 Å². The predicted octanol–water partition coefficient (Wildman–Crippen LogP) is 2.85. The molecule has 3 heterocycles. The fourth-order valence-corrected chi connectivity index (χ4v) is 5.43. The molecule has 0 unspecified atom stereocenters. The Kier molecular flexibility index (Phi) is 4.36. The number of rotatable bonds is 6. The molecule has 9 heteroatoms. The van der Waals surface area contributed by atoms with Gasteiger partial charge in [-0.1, -0.05) is 18.2 Å². The van der Waals surface area contributed by atoms with E-state index in [2.05, 4.69) is 37.3 Å². The Morgan fingerprint density at radius 1 is 1.09 bits per heavy atom. The molecule has 3 saturated carbocycles. The first kappa shape index (κ1) is 20.6. The summed E-state index contributed by atoms with van der Waals surface area (Å²) in [5.74, 6) is 0.423. The average Bonchev–Trinajstić information content (AvgIpc) is 3.76. The predicted molar refractivity (Wildman–Crippen MR) is 130 cm³/mol. The topological polar surface area (TPSA) is 123 Å². The highest BCUT2D eigenvalue weighted by molar-refractivity contribution is 5.92. The minimum absolute atomic E-state index is 0.0167. The van der Waals surface area contributed by atoms with E-state index >= 15 is 0 Å². The van der Waals surface area contributed by atoms with Crippen LogP contribution < -0.4 is 11.1 Å². The second kappa shape index (κ2) is 7.39. The summed E-state index contributed by atoms with van der Waals surface area (Å²) in [5.41, 5.74) is 11.0. The number of aliphatic hydroxyl groups excluding tert-OH is 1. The van der Waals surface area contributed by atoms with Crippen molar-refractivity contribution >= 4 is 17.2 Å². The molecule has 4 N–H and O–H groups in total. The Balaban J connectivity index is 1.35. The van der Waals surface area contributed by atoms with Crippen molar-refractivity contribution in [2.75, 3.05) is 5.73 Å². The Bertz CT molecular complexity index is 1460. The van der Waals surface area contributed by atoms with Crippen molar-refractivity contribution in [3.8, 4) is 22.5 Å². The first-order valence-electron chi connectivity index (χ1n) is 12.3. The summed E-state index contributed by atoms with van der Waals surface area (Å²) in [4.78, 5) is 17.5. The van der Waals surface area contributed by atoms with Gasteiger partial charge in [0.15, 0.2) is 5.82 Å². The van der Waals surface area contributed by atoms with E-state index in [4.69, 9.17) is 5.73 Å². The van der Waals surface area contributed by atoms with Gasteiger partial charge in [0.1, 0.15) is 11.8 Å². The SMILES string of the molecule is Nc1ncnn2c(-c3cccc(C4(C(=O)NC5CC5)CC(O)C4)c3)cc(-c3ccnn3C3CC3)c12. The van der Waals surface area contributed by atoms with Gasteiger partial charge in [-0.25, -0.2) is 9.50 Å². The number of aliphatic hydroxyl groups is 1. The zero-order valence-corrected chi connectivity index (χ0v) is 19.3. The van der Waals surface area contributed by atoms with Gasteiger partial charge in [-0.2, -0.15) is 10.2 Å². The number of amides is 1. The minimum atomic E-state index is -0.702. The molecular weight excluding hydrogens is 442 g/mol. The highest BCUT2D eigenvalue weighted by Gasteiger charge is 2.51. The number of nitrogen functional groups attached to an aromatic ring is 1. The van der Waals surface area contributed by atoms with Gasteiger partial charge in [-0.15, -0.1) is 0 Å². The minimum Gasteiger partial charge on any atom is -0.393 e. The molecule has 7 rings (SSSR count). The number of carbonyl (C=O) groups excluding carboxylic acids is 1. The van der Waals surface area contributed by atoms with Crippen molar-refractivity contribution in [2.45, 2.75) is 62.1 Å². The van der Waals surface area contributed by atoms with Crippen LogP contribution in [-0.2, 0) is 10.2 Å². The molecule has 9 nitrogen and oxygen atoms in total. The van der Waals surface area contributed by atoms with Gasteiger partial charge in [-0.3, -0.25) is 9.48 Å². The standard InChI is InChI=1S/C26H27N7O2/c27-24-23-20(21-8-9-29-32(21)18-6-7-18)11-22(33(23)30-14-28-24)15-2-1-3-16(10-15)26(12-19(34)13-26)25(35)31-17-4-5-17/h1-3,8-11,14,17-19,34H,4-7,12-13H2,(H,31,35)(H2,27,28,30). The van der Waals surface area contributed by atoms with Crippen LogP contribution in [0.3, 0.4) is 0 Å². The smallest absolute Gasteiger partial charge is 0.231 e.